The monoisotopic (exact) mass is 978 g/mol. The SMILES string of the molecule is CC\C=C/C=C/C=C/C=C\C=C\C=C\CCCCC(O)C(=O)NC(COC1OC(CO)C(O)C(O)C1OC(=O)CCCCCCC\C=C/C=C/C=C/CC)C(O)/C=C/CCCCCCCCCCCC. The van der Waals surface area contributed by atoms with Crippen molar-refractivity contribution in [3.05, 3.63) is 122 Å². The molecule has 0 aromatic carbocycles. The average molecular weight is 978 g/mol. The third-order valence-electron chi connectivity index (χ3n) is 11.8. The van der Waals surface area contributed by atoms with E-state index in [1.54, 1.807) is 6.08 Å². The number of nitrogens with one attached hydrogen (secondary N) is 1. The number of aliphatic hydroxyl groups excluding tert-OH is 5. The maximum absolute atomic E-state index is 13.3. The summed E-state index contributed by atoms with van der Waals surface area (Å²) >= 11 is 0. The van der Waals surface area contributed by atoms with Gasteiger partial charge < -0.3 is 45.1 Å². The Morgan fingerprint density at radius 2 is 1.03 bits per heavy atom. The number of esters is 1. The first-order valence-electron chi connectivity index (χ1n) is 26.9. The van der Waals surface area contributed by atoms with Crippen molar-refractivity contribution in [3.63, 3.8) is 0 Å². The zero-order valence-corrected chi connectivity index (χ0v) is 43.3. The normalized spacial score (nSPS) is 20.7. The third-order valence-corrected chi connectivity index (χ3v) is 11.8. The van der Waals surface area contributed by atoms with Crippen LogP contribution in [0.5, 0.6) is 0 Å². The number of aliphatic hydroxyl groups is 5. The minimum atomic E-state index is -1.64. The fourth-order valence-corrected chi connectivity index (χ4v) is 7.56. The van der Waals surface area contributed by atoms with Crippen LogP contribution in [0.4, 0.5) is 0 Å². The second-order valence-corrected chi connectivity index (χ2v) is 18.1. The van der Waals surface area contributed by atoms with E-state index >= 15 is 0 Å². The maximum Gasteiger partial charge on any atom is 0.306 e. The smallest absolute Gasteiger partial charge is 0.306 e. The molecule has 70 heavy (non-hydrogen) atoms. The Bertz CT molecular complexity index is 1590. The molecule has 0 aromatic heterocycles. The van der Waals surface area contributed by atoms with Crippen molar-refractivity contribution in [2.75, 3.05) is 13.2 Å². The number of carbonyl (C=O) groups is 2. The van der Waals surface area contributed by atoms with Crippen molar-refractivity contribution in [2.45, 2.75) is 224 Å². The van der Waals surface area contributed by atoms with Crippen LogP contribution in [0.3, 0.4) is 0 Å². The average Bonchev–Trinajstić information content (AvgIpc) is 3.36. The number of allylic oxidation sites excluding steroid dienone is 19. The lowest BCUT2D eigenvalue weighted by Gasteiger charge is -2.41. The fourth-order valence-electron chi connectivity index (χ4n) is 7.56. The van der Waals surface area contributed by atoms with Gasteiger partial charge >= 0.3 is 5.97 Å². The molecular weight excluding hydrogens is 883 g/mol. The Balaban J connectivity index is 2.84. The topological polar surface area (TPSA) is 175 Å². The highest BCUT2D eigenvalue weighted by atomic mass is 16.7. The minimum absolute atomic E-state index is 0.0871. The van der Waals surface area contributed by atoms with Crippen LogP contribution >= 0.6 is 0 Å². The molecule has 1 heterocycles. The number of amides is 1. The van der Waals surface area contributed by atoms with E-state index in [4.69, 9.17) is 14.2 Å². The summed E-state index contributed by atoms with van der Waals surface area (Å²) in [6, 6.07) is -1.06. The Morgan fingerprint density at radius 3 is 1.54 bits per heavy atom. The van der Waals surface area contributed by atoms with Crippen LogP contribution in [0.2, 0.25) is 0 Å². The number of rotatable bonds is 42. The van der Waals surface area contributed by atoms with Crippen LogP contribution < -0.4 is 5.32 Å². The minimum Gasteiger partial charge on any atom is -0.454 e. The molecule has 1 rings (SSSR count). The molecule has 396 valence electrons. The lowest BCUT2D eigenvalue weighted by molar-refractivity contribution is -0.305. The second kappa shape index (κ2) is 46.2. The highest BCUT2D eigenvalue weighted by Gasteiger charge is 2.47. The first-order chi connectivity index (χ1) is 34.2. The number of carbonyl (C=O) groups excluding carboxylic acids is 2. The van der Waals surface area contributed by atoms with E-state index in [2.05, 4.69) is 44.3 Å². The molecule has 11 nitrogen and oxygen atoms in total. The summed E-state index contributed by atoms with van der Waals surface area (Å²) in [7, 11) is 0. The zero-order valence-electron chi connectivity index (χ0n) is 43.3. The lowest BCUT2D eigenvalue weighted by atomic mass is 9.99. The van der Waals surface area contributed by atoms with Gasteiger partial charge in [0.05, 0.1) is 25.4 Å². The highest BCUT2D eigenvalue weighted by molar-refractivity contribution is 5.80. The second-order valence-electron chi connectivity index (χ2n) is 18.1. The molecule has 1 amide bonds. The highest BCUT2D eigenvalue weighted by Crippen LogP contribution is 2.26. The van der Waals surface area contributed by atoms with Crippen LogP contribution in [0.15, 0.2) is 122 Å². The Morgan fingerprint density at radius 1 is 0.571 bits per heavy atom. The molecule has 0 aromatic rings. The Hall–Kier alpha value is -3.94. The largest absolute Gasteiger partial charge is 0.454 e. The van der Waals surface area contributed by atoms with E-state index in [1.165, 1.54) is 44.9 Å². The molecular formula is C59H95NO10. The summed E-state index contributed by atoms with van der Waals surface area (Å²) in [4.78, 5) is 26.4. The zero-order chi connectivity index (χ0) is 51.1. The maximum atomic E-state index is 13.3. The Kier molecular flexibility index (Phi) is 42.2. The van der Waals surface area contributed by atoms with Crippen LogP contribution in [0.25, 0.3) is 0 Å². The van der Waals surface area contributed by atoms with Gasteiger partial charge in [-0.15, -0.1) is 0 Å². The molecule has 0 saturated carbocycles. The molecule has 8 unspecified atom stereocenters. The molecule has 8 atom stereocenters. The molecule has 0 aliphatic carbocycles. The summed E-state index contributed by atoms with van der Waals surface area (Å²) in [5, 5.41) is 56.6. The predicted molar refractivity (Wildman–Crippen MR) is 287 cm³/mol. The third kappa shape index (κ3) is 34.4. The summed E-state index contributed by atoms with van der Waals surface area (Å²) in [5.74, 6) is -1.28. The van der Waals surface area contributed by atoms with Crippen molar-refractivity contribution in [3.8, 4) is 0 Å². The molecule has 1 aliphatic heterocycles. The summed E-state index contributed by atoms with van der Waals surface area (Å²) in [6.07, 6.45) is 52.4. The summed E-state index contributed by atoms with van der Waals surface area (Å²) in [6.45, 7) is 5.42. The van der Waals surface area contributed by atoms with E-state index in [1.807, 2.05) is 97.2 Å². The molecule has 0 bridgehead atoms. The molecule has 11 heteroatoms. The van der Waals surface area contributed by atoms with E-state index in [0.29, 0.717) is 12.8 Å². The standard InChI is InChI=1S/C59H95NO10/c1-4-7-10-13-16-19-22-25-26-27-29-31-34-37-40-43-46-52(63)58(67)60-50(51(62)45-42-39-36-33-30-24-21-18-15-12-9-6-3)49-68-59-57(56(66)55(65)53(48-61)69-59)70-54(64)47-44-41-38-35-32-28-23-20-17-14-11-8-5-2/h7-8,10-11,13-14,16-17,19-20,22-23,25-27,29,31,34,42,45,50-53,55-57,59,61-63,65-66H,4-6,9,12,15,18,21,24,28,30,32-33,35-41,43-44,46-49H2,1-3H3,(H,60,67)/b10-7-,11-8+,16-13+,17-14+,22-19+,23-20-,26-25-,29-27+,34-31+,45-42+. The van der Waals surface area contributed by atoms with Crippen LogP contribution in [-0.4, -0.2) is 99.6 Å². The number of unbranched alkanes of at least 4 members (excludes halogenated alkanes) is 17. The van der Waals surface area contributed by atoms with Gasteiger partial charge in [-0.05, 0) is 64.2 Å². The van der Waals surface area contributed by atoms with Gasteiger partial charge in [-0.1, -0.05) is 226 Å². The van der Waals surface area contributed by atoms with Crippen molar-refractivity contribution in [1.29, 1.82) is 0 Å². The van der Waals surface area contributed by atoms with Crippen LogP contribution in [-0.2, 0) is 23.8 Å². The fraction of sp³-hybridized carbons (Fsp3) is 0.627. The van der Waals surface area contributed by atoms with Crippen molar-refractivity contribution < 1.29 is 49.3 Å². The van der Waals surface area contributed by atoms with Gasteiger partial charge in [0, 0.05) is 6.42 Å². The van der Waals surface area contributed by atoms with Gasteiger partial charge in [-0.25, -0.2) is 0 Å². The molecule has 0 radical (unpaired) electrons. The molecule has 6 N–H and O–H groups in total. The van der Waals surface area contributed by atoms with Gasteiger partial charge in [0.15, 0.2) is 12.4 Å². The quantitative estimate of drug-likeness (QED) is 0.0149. The molecule has 1 aliphatic rings. The number of hydrogen-bond donors (Lipinski definition) is 6. The summed E-state index contributed by atoms with van der Waals surface area (Å²) in [5.41, 5.74) is 0. The van der Waals surface area contributed by atoms with Crippen molar-refractivity contribution in [2.24, 2.45) is 0 Å². The van der Waals surface area contributed by atoms with E-state index in [9.17, 15) is 35.1 Å². The molecule has 1 fully saturated rings. The Labute approximate surface area is 423 Å². The van der Waals surface area contributed by atoms with Gasteiger partial charge in [-0.2, -0.15) is 0 Å². The number of ether oxygens (including phenoxy) is 3. The molecule has 1 saturated heterocycles. The predicted octanol–water partition coefficient (Wildman–Crippen LogP) is 11.5. The number of hydrogen-bond acceptors (Lipinski definition) is 10. The first-order valence-corrected chi connectivity index (χ1v) is 26.9. The van der Waals surface area contributed by atoms with E-state index in [-0.39, 0.29) is 19.4 Å². The van der Waals surface area contributed by atoms with Crippen molar-refractivity contribution >= 4 is 11.9 Å². The lowest BCUT2D eigenvalue weighted by Crippen LogP contribution is -2.61. The van der Waals surface area contributed by atoms with Gasteiger partial charge in [-0.3, -0.25) is 9.59 Å². The van der Waals surface area contributed by atoms with Crippen LogP contribution in [0.1, 0.15) is 175 Å². The van der Waals surface area contributed by atoms with Crippen molar-refractivity contribution in [1.82, 2.24) is 5.32 Å². The van der Waals surface area contributed by atoms with E-state index < -0.39 is 67.4 Å². The van der Waals surface area contributed by atoms with Gasteiger partial charge in [0.25, 0.3) is 0 Å². The van der Waals surface area contributed by atoms with Gasteiger partial charge in [0.2, 0.25) is 5.91 Å². The van der Waals surface area contributed by atoms with Gasteiger partial charge in [0.1, 0.15) is 24.4 Å². The van der Waals surface area contributed by atoms with E-state index in [0.717, 1.165) is 83.5 Å². The van der Waals surface area contributed by atoms with Crippen LogP contribution in [0, 0.1) is 0 Å². The molecule has 0 spiro atoms. The summed E-state index contributed by atoms with van der Waals surface area (Å²) < 4.78 is 17.5. The first kappa shape index (κ1) is 64.1.